The Morgan fingerprint density at radius 1 is 1.45 bits per heavy atom. The second-order valence-electron chi connectivity index (χ2n) is 5.63. The number of thioether (sulfide) groups is 1. The highest BCUT2D eigenvalue weighted by atomic mass is 35.5. The molecule has 0 bridgehead atoms. The van der Waals surface area contributed by atoms with E-state index in [9.17, 15) is 5.11 Å². The average Bonchev–Trinajstić information content (AvgIpc) is 2.48. The van der Waals surface area contributed by atoms with Crippen molar-refractivity contribution < 1.29 is 5.11 Å². The van der Waals surface area contributed by atoms with Gasteiger partial charge >= 0.3 is 0 Å². The molecule has 0 spiro atoms. The van der Waals surface area contributed by atoms with E-state index in [-0.39, 0.29) is 12.1 Å². The first-order chi connectivity index (χ1) is 9.69. The molecule has 1 saturated carbocycles. The van der Waals surface area contributed by atoms with Crippen molar-refractivity contribution in [2.75, 3.05) is 13.2 Å². The van der Waals surface area contributed by atoms with Gasteiger partial charge in [0.05, 0.1) is 11.6 Å². The van der Waals surface area contributed by atoms with E-state index in [1.807, 2.05) is 30.0 Å². The summed E-state index contributed by atoms with van der Waals surface area (Å²) in [6.07, 6.45) is 5.55. The molecule has 0 aromatic heterocycles. The van der Waals surface area contributed by atoms with Crippen LogP contribution in [0.4, 0.5) is 0 Å². The van der Waals surface area contributed by atoms with Gasteiger partial charge in [0.25, 0.3) is 0 Å². The molecule has 20 heavy (non-hydrogen) atoms. The van der Waals surface area contributed by atoms with Gasteiger partial charge in [0.2, 0.25) is 0 Å². The Labute approximate surface area is 131 Å². The van der Waals surface area contributed by atoms with Gasteiger partial charge in [-0.1, -0.05) is 37.1 Å². The van der Waals surface area contributed by atoms with Crippen LogP contribution in [0.15, 0.2) is 29.2 Å². The van der Waals surface area contributed by atoms with E-state index in [0.29, 0.717) is 5.25 Å². The van der Waals surface area contributed by atoms with Crippen LogP contribution < -0.4 is 5.32 Å². The second kappa shape index (κ2) is 7.69. The van der Waals surface area contributed by atoms with Gasteiger partial charge in [-0.25, -0.2) is 0 Å². The third-order valence-corrected chi connectivity index (χ3v) is 5.77. The number of benzene rings is 1. The zero-order valence-electron chi connectivity index (χ0n) is 12.1. The quantitative estimate of drug-likeness (QED) is 0.829. The SMILES string of the molecule is CCCNC1(CO)CCCC(Sc2ccccc2Cl)C1. The number of hydrogen-bond donors (Lipinski definition) is 2. The first-order valence-electron chi connectivity index (χ1n) is 7.46. The first-order valence-corrected chi connectivity index (χ1v) is 8.72. The Balaban J connectivity index is 2.01. The molecule has 0 heterocycles. The van der Waals surface area contributed by atoms with Crippen LogP contribution in [0, 0.1) is 0 Å². The van der Waals surface area contributed by atoms with E-state index < -0.39 is 0 Å². The van der Waals surface area contributed by atoms with Crippen molar-refractivity contribution in [2.45, 2.75) is 54.7 Å². The van der Waals surface area contributed by atoms with Crippen molar-refractivity contribution in [3.63, 3.8) is 0 Å². The van der Waals surface area contributed by atoms with E-state index in [1.54, 1.807) is 0 Å². The van der Waals surface area contributed by atoms with Crippen molar-refractivity contribution in [3.05, 3.63) is 29.3 Å². The summed E-state index contributed by atoms with van der Waals surface area (Å²) in [4.78, 5) is 1.16. The summed E-state index contributed by atoms with van der Waals surface area (Å²) in [5, 5.41) is 14.7. The summed E-state index contributed by atoms with van der Waals surface area (Å²) in [6, 6.07) is 8.03. The van der Waals surface area contributed by atoms with Gasteiger partial charge in [-0.3, -0.25) is 0 Å². The summed E-state index contributed by atoms with van der Waals surface area (Å²) in [5.41, 5.74) is -0.0901. The number of aliphatic hydroxyl groups excluding tert-OH is 1. The van der Waals surface area contributed by atoms with Gasteiger partial charge in [0.1, 0.15) is 0 Å². The van der Waals surface area contributed by atoms with Crippen molar-refractivity contribution in [2.24, 2.45) is 0 Å². The summed E-state index contributed by atoms with van der Waals surface area (Å²) in [6.45, 7) is 3.37. The maximum absolute atomic E-state index is 9.81. The van der Waals surface area contributed by atoms with Gasteiger partial charge in [-0.2, -0.15) is 0 Å². The lowest BCUT2D eigenvalue weighted by molar-refractivity contribution is 0.124. The number of rotatable bonds is 6. The van der Waals surface area contributed by atoms with Crippen LogP contribution in [0.1, 0.15) is 39.0 Å². The number of hydrogen-bond acceptors (Lipinski definition) is 3. The summed E-state index contributed by atoms with van der Waals surface area (Å²) in [5.74, 6) is 0. The molecule has 2 unspecified atom stereocenters. The van der Waals surface area contributed by atoms with Crippen LogP contribution >= 0.6 is 23.4 Å². The zero-order chi connectivity index (χ0) is 14.4. The molecule has 0 amide bonds. The monoisotopic (exact) mass is 313 g/mol. The minimum Gasteiger partial charge on any atom is -0.394 e. The molecule has 2 nitrogen and oxygen atoms in total. The molecule has 1 aliphatic carbocycles. The highest BCUT2D eigenvalue weighted by Gasteiger charge is 2.35. The van der Waals surface area contributed by atoms with Crippen molar-refractivity contribution >= 4 is 23.4 Å². The van der Waals surface area contributed by atoms with Gasteiger partial charge in [-0.05, 0) is 44.4 Å². The molecule has 2 rings (SSSR count). The molecular formula is C16H24ClNOS. The zero-order valence-corrected chi connectivity index (χ0v) is 13.6. The molecule has 0 radical (unpaired) electrons. The minimum absolute atomic E-state index is 0.0901. The molecule has 2 N–H and O–H groups in total. The van der Waals surface area contributed by atoms with Gasteiger partial charge in [0.15, 0.2) is 0 Å². The third-order valence-electron chi connectivity index (χ3n) is 3.98. The number of halogens is 1. The van der Waals surface area contributed by atoms with Crippen molar-refractivity contribution in [3.8, 4) is 0 Å². The maximum atomic E-state index is 9.81. The molecule has 2 atom stereocenters. The Morgan fingerprint density at radius 3 is 2.95 bits per heavy atom. The van der Waals surface area contributed by atoms with Crippen LogP contribution in [0.25, 0.3) is 0 Å². The van der Waals surface area contributed by atoms with Crippen molar-refractivity contribution in [1.29, 1.82) is 0 Å². The predicted molar refractivity (Wildman–Crippen MR) is 87.7 cm³/mol. The van der Waals surface area contributed by atoms with Crippen molar-refractivity contribution in [1.82, 2.24) is 5.32 Å². The maximum Gasteiger partial charge on any atom is 0.0613 e. The fourth-order valence-electron chi connectivity index (χ4n) is 2.88. The van der Waals surface area contributed by atoms with E-state index in [1.165, 1.54) is 12.8 Å². The highest BCUT2D eigenvalue weighted by molar-refractivity contribution is 8.00. The smallest absolute Gasteiger partial charge is 0.0613 e. The first kappa shape index (κ1) is 16.2. The van der Waals surface area contributed by atoms with E-state index in [0.717, 1.165) is 35.7 Å². The highest BCUT2D eigenvalue weighted by Crippen LogP contribution is 2.40. The summed E-state index contributed by atoms with van der Waals surface area (Å²) in [7, 11) is 0. The van der Waals surface area contributed by atoms with Crippen LogP contribution in [0.2, 0.25) is 5.02 Å². The lowest BCUT2D eigenvalue weighted by Gasteiger charge is -2.40. The molecular weight excluding hydrogens is 290 g/mol. The summed E-state index contributed by atoms with van der Waals surface area (Å²) < 4.78 is 0. The van der Waals surface area contributed by atoms with Crippen LogP contribution in [0.5, 0.6) is 0 Å². The Kier molecular flexibility index (Phi) is 6.21. The number of aliphatic hydroxyl groups is 1. The molecule has 1 aromatic rings. The van der Waals surface area contributed by atoms with Crippen LogP contribution in [0.3, 0.4) is 0 Å². The minimum atomic E-state index is -0.0901. The van der Waals surface area contributed by atoms with Gasteiger partial charge in [-0.15, -0.1) is 11.8 Å². The molecule has 1 fully saturated rings. The van der Waals surface area contributed by atoms with Gasteiger partial charge < -0.3 is 10.4 Å². The Bertz CT molecular complexity index is 429. The number of nitrogens with one attached hydrogen (secondary N) is 1. The molecule has 0 saturated heterocycles. The fourth-order valence-corrected chi connectivity index (χ4v) is 4.53. The molecule has 112 valence electrons. The van der Waals surface area contributed by atoms with Crippen LogP contribution in [-0.4, -0.2) is 29.0 Å². The molecule has 1 aliphatic rings. The molecule has 1 aromatic carbocycles. The van der Waals surface area contributed by atoms with Gasteiger partial charge in [0, 0.05) is 15.7 Å². The van der Waals surface area contributed by atoms with Crippen LogP contribution in [-0.2, 0) is 0 Å². The molecule has 4 heteroatoms. The summed E-state index contributed by atoms with van der Waals surface area (Å²) >= 11 is 8.11. The van der Waals surface area contributed by atoms with E-state index in [2.05, 4.69) is 18.3 Å². The average molecular weight is 314 g/mol. The predicted octanol–water partition coefficient (Wildman–Crippen LogP) is 4.11. The third kappa shape index (κ3) is 4.14. The normalized spacial score (nSPS) is 26.6. The Hall–Kier alpha value is -0.220. The van der Waals surface area contributed by atoms with E-state index >= 15 is 0 Å². The lowest BCUT2D eigenvalue weighted by Crippen LogP contribution is -2.52. The molecule has 0 aliphatic heterocycles. The van der Waals surface area contributed by atoms with E-state index in [4.69, 9.17) is 11.6 Å². The topological polar surface area (TPSA) is 32.3 Å². The lowest BCUT2D eigenvalue weighted by atomic mass is 9.82. The fraction of sp³-hybridized carbons (Fsp3) is 0.625. The Morgan fingerprint density at radius 2 is 2.25 bits per heavy atom. The largest absolute Gasteiger partial charge is 0.394 e. The standard InChI is InChI=1S/C16H24ClNOS/c1-2-10-18-16(12-19)9-5-6-13(11-16)20-15-8-4-3-7-14(15)17/h3-4,7-8,13,18-19H,2,5-6,9-12H2,1H3. The second-order valence-corrected chi connectivity index (χ2v) is 7.38.